The second kappa shape index (κ2) is 6.27. The van der Waals surface area contributed by atoms with Crippen molar-refractivity contribution < 1.29 is 4.42 Å². The Morgan fingerprint density at radius 2 is 1.94 bits per heavy atom. The first-order valence-corrected chi connectivity index (χ1v) is 6.88. The zero-order valence-electron chi connectivity index (χ0n) is 9.40. The molecule has 0 aliphatic heterocycles. The van der Waals surface area contributed by atoms with E-state index >= 15 is 0 Å². The van der Waals surface area contributed by atoms with Crippen LogP contribution in [-0.2, 0) is 12.8 Å². The highest BCUT2D eigenvalue weighted by Gasteiger charge is 2.07. The molecule has 0 radical (unpaired) electrons. The number of furan rings is 1. The lowest BCUT2D eigenvalue weighted by Crippen LogP contribution is -2.04. The minimum absolute atomic E-state index is 0.154. The zero-order chi connectivity index (χ0) is 12.1. The largest absolute Gasteiger partial charge is 0.469 e. The van der Waals surface area contributed by atoms with Crippen molar-refractivity contribution in [3.63, 3.8) is 0 Å². The van der Waals surface area contributed by atoms with Gasteiger partial charge in [-0.2, -0.15) is 0 Å². The summed E-state index contributed by atoms with van der Waals surface area (Å²) in [6.45, 7) is 0. The van der Waals surface area contributed by atoms with Gasteiger partial charge in [-0.05, 0) is 42.7 Å². The Kier molecular flexibility index (Phi) is 4.69. The Morgan fingerprint density at radius 1 is 1.18 bits per heavy atom. The fourth-order valence-corrected chi connectivity index (χ4v) is 2.28. The molecular formula is C14H14BrClO. The molecule has 1 unspecified atom stereocenters. The maximum Gasteiger partial charge on any atom is 0.103 e. The molecule has 0 fully saturated rings. The van der Waals surface area contributed by atoms with Gasteiger partial charge in [0.05, 0.1) is 6.26 Å². The van der Waals surface area contributed by atoms with Gasteiger partial charge in [0.25, 0.3) is 0 Å². The zero-order valence-corrected chi connectivity index (χ0v) is 11.7. The van der Waals surface area contributed by atoms with E-state index < -0.39 is 0 Å². The van der Waals surface area contributed by atoms with Gasteiger partial charge in [0.15, 0.2) is 0 Å². The van der Waals surface area contributed by atoms with Crippen LogP contribution in [0.1, 0.15) is 17.7 Å². The van der Waals surface area contributed by atoms with Crippen molar-refractivity contribution in [2.24, 2.45) is 0 Å². The summed E-state index contributed by atoms with van der Waals surface area (Å²) >= 11 is 9.74. The molecule has 90 valence electrons. The van der Waals surface area contributed by atoms with E-state index in [2.05, 4.69) is 28.1 Å². The molecule has 0 saturated heterocycles. The molecule has 0 N–H and O–H groups in total. The predicted octanol–water partition coefficient (Wildman–Crippen LogP) is 4.82. The van der Waals surface area contributed by atoms with Crippen LogP contribution < -0.4 is 0 Å². The first-order chi connectivity index (χ1) is 8.24. The third-order valence-electron chi connectivity index (χ3n) is 2.65. The van der Waals surface area contributed by atoms with Crippen molar-refractivity contribution in [2.45, 2.75) is 24.6 Å². The third-order valence-corrected chi connectivity index (χ3v) is 3.56. The molecule has 17 heavy (non-hydrogen) atoms. The van der Waals surface area contributed by atoms with E-state index in [-0.39, 0.29) is 5.38 Å². The number of aryl methyl sites for hydroxylation is 1. The molecule has 0 aliphatic carbocycles. The Morgan fingerprint density at radius 3 is 2.59 bits per heavy atom. The predicted molar refractivity (Wildman–Crippen MR) is 74.5 cm³/mol. The summed E-state index contributed by atoms with van der Waals surface area (Å²) in [5, 5.41) is 0.154. The van der Waals surface area contributed by atoms with Gasteiger partial charge in [0.1, 0.15) is 5.76 Å². The van der Waals surface area contributed by atoms with E-state index in [1.807, 2.05) is 24.3 Å². The van der Waals surface area contributed by atoms with Gasteiger partial charge in [-0.15, -0.1) is 11.6 Å². The van der Waals surface area contributed by atoms with Crippen LogP contribution in [-0.4, -0.2) is 5.38 Å². The SMILES string of the molecule is ClC(CCc1ccco1)Cc1ccc(Br)cc1. The Hall–Kier alpha value is -0.730. The van der Waals surface area contributed by atoms with Gasteiger partial charge < -0.3 is 4.42 Å². The second-order valence-electron chi connectivity index (χ2n) is 4.05. The summed E-state index contributed by atoms with van der Waals surface area (Å²) in [5.74, 6) is 1.01. The molecule has 0 bridgehead atoms. The highest BCUT2D eigenvalue weighted by atomic mass is 79.9. The van der Waals surface area contributed by atoms with Gasteiger partial charge in [-0.25, -0.2) is 0 Å². The lowest BCUT2D eigenvalue weighted by atomic mass is 10.1. The molecule has 3 heteroatoms. The van der Waals surface area contributed by atoms with E-state index in [0.29, 0.717) is 0 Å². The van der Waals surface area contributed by atoms with Crippen LogP contribution in [0.2, 0.25) is 0 Å². The molecule has 1 aromatic heterocycles. The van der Waals surface area contributed by atoms with Crippen LogP contribution in [0, 0.1) is 0 Å². The van der Waals surface area contributed by atoms with Gasteiger partial charge in [0.2, 0.25) is 0 Å². The molecule has 1 heterocycles. The minimum atomic E-state index is 0.154. The molecule has 1 atom stereocenters. The fraction of sp³-hybridized carbons (Fsp3) is 0.286. The highest BCUT2D eigenvalue weighted by molar-refractivity contribution is 9.10. The lowest BCUT2D eigenvalue weighted by molar-refractivity contribution is 0.499. The summed E-state index contributed by atoms with van der Waals surface area (Å²) in [7, 11) is 0. The van der Waals surface area contributed by atoms with Crippen LogP contribution in [0.15, 0.2) is 51.6 Å². The smallest absolute Gasteiger partial charge is 0.103 e. The number of alkyl halides is 1. The molecule has 2 rings (SSSR count). The number of hydrogen-bond donors (Lipinski definition) is 0. The van der Waals surface area contributed by atoms with Crippen molar-refractivity contribution in [2.75, 3.05) is 0 Å². The summed E-state index contributed by atoms with van der Waals surface area (Å²) in [6, 6.07) is 12.2. The maximum absolute atomic E-state index is 6.32. The van der Waals surface area contributed by atoms with Gasteiger partial charge in [-0.3, -0.25) is 0 Å². The topological polar surface area (TPSA) is 13.1 Å². The molecular weight excluding hydrogens is 300 g/mol. The number of rotatable bonds is 5. The number of halogens is 2. The standard InChI is InChI=1S/C14H14BrClO/c15-12-5-3-11(4-6-12)10-13(16)7-8-14-2-1-9-17-14/h1-6,9,13H,7-8,10H2. The minimum Gasteiger partial charge on any atom is -0.469 e. The molecule has 0 spiro atoms. The van der Waals surface area contributed by atoms with Crippen LogP contribution in [0.5, 0.6) is 0 Å². The van der Waals surface area contributed by atoms with E-state index in [1.54, 1.807) is 6.26 Å². The summed E-state index contributed by atoms with van der Waals surface area (Å²) in [6.07, 6.45) is 4.44. The lowest BCUT2D eigenvalue weighted by Gasteiger charge is -2.08. The Balaban J connectivity index is 1.80. The van der Waals surface area contributed by atoms with E-state index in [4.69, 9.17) is 16.0 Å². The maximum atomic E-state index is 6.32. The monoisotopic (exact) mass is 312 g/mol. The van der Waals surface area contributed by atoms with Crippen molar-refractivity contribution in [3.8, 4) is 0 Å². The van der Waals surface area contributed by atoms with Gasteiger partial charge >= 0.3 is 0 Å². The fourth-order valence-electron chi connectivity index (χ4n) is 1.73. The van der Waals surface area contributed by atoms with Crippen molar-refractivity contribution in [3.05, 3.63) is 58.5 Å². The summed E-state index contributed by atoms with van der Waals surface area (Å²) in [5.41, 5.74) is 1.27. The average molecular weight is 314 g/mol. The summed E-state index contributed by atoms with van der Waals surface area (Å²) in [4.78, 5) is 0. The Bertz CT molecular complexity index is 436. The number of hydrogen-bond acceptors (Lipinski definition) is 1. The quantitative estimate of drug-likeness (QED) is 0.721. The molecule has 1 nitrogen and oxygen atoms in total. The Labute approximate surface area is 115 Å². The summed E-state index contributed by atoms with van der Waals surface area (Å²) < 4.78 is 6.38. The molecule has 1 aromatic carbocycles. The van der Waals surface area contributed by atoms with Crippen LogP contribution in [0.25, 0.3) is 0 Å². The molecule has 2 aromatic rings. The normalized spacial score (nSPS) is 12.6. The molecule has 0 saturated carbocycles. The van der Waals surface area contributed by atoms with Crippen molar-refractivity contribution in [1.82, 2.24) is 0 Å². The third kappa shape index (κ3) is 4.21. The van der Waals surface area contributed by atoms with Gasteiger partial charge in [0, 0.05) is 16.3 Å². The van der Waals surface area contributed by atoms with E-state index in [0.717, 1.165) is 29.5 Å². The number of benzene rings is 1. The first-order valence-electron chi connectivity index (χ1n) is 5.65. The van der Waals surface area contributed by atoms with Crippen LogP contribution in [0.4, 0.5) is 0 Å². The molecule has 0 aliphatic rings. The molecule has 0 amide bonds. The van der Waals surface area contributed by atoms with Crippen LogP contribution >= 0.6 is 27.5 Å². The highest BCUT2D eigenvalue weighted by Crippen LogP contribution is 2.17. The van der Waals surface area contributed by atoms with Crippen molar-refractivity contribution >= 4 is 27.5 Å². The van der Waals surface area contributed by atoms with E-state index in [1.165, 1.54) is 5.56 Å². The van der Waals surface area contributed by atoms with Crippen molar-refractivity contribution in [1.29, 1.82) is 0 Å². The van der Waals surface area contributed by atoms with Crippen LogP contribution in [0.3, 0.4) is 0 Å². The first kappa shape index (κ1) is 12.7. The average Bonchev–Trinajstić information content (AvgIpc) is 2.83. The van der Waals surface area contributed by atoms with E-state index in [9.17, 15) is 0 Å². The second-order valence-corrected chi connectivity index (χ2v) is 5.58. The van der Waals surface area contributed by atoms with Gasteiger partial charge in [-0.1, -0.05) is 28.1 Å².